The van der Waals surface area contributed by atoms with Gasteiger partial charge in [-0.2, -0.15) is 0 Å². The Balaban J connectivity index is 1.46. The van der Waals surface area contributed by atoms with Crippen molar-refractivity contribution in [1.29, 1.82) is 0 Å². The number of ether oxygens (including phenoxy) is 1. The van der Waals surface area contributed by atoms with Gasteiger partial charge in [-0.05, 0) is 37.4 Å². The zero-order chi connectivity index (χ0) is 18.4. The van der Waals surface area contributed by atoms with Gasteiger partial charge in [0.2, 0.25) is 5.91 Å². The first kappa shape index (κ1) is 18.3. The summed E-state index contributed by atoms with van der Waals surface area (Å²) in [5.41, 5.74) is 1.22. The van der Waals surface area contributed by atoms with Crippen LogP contribution in [-0.2, 0) is 4.79 Å². The maximum Gasteiger partial charge on any atom is 0.233 e. The third kappa shape index (κ3) is 4.79. The molecule has 0 spiro atoms. The Hall–Kier alpha value is -2.46. The van der Waals surface area contributed by atoms with E-state index in [0.29, 0.717) is 13.2 Å². The molecule has 3 aromatic rings. The molecule has 0 aliphatic rings. The minimum absolute atomic E-state index is 0.0251. The maximum atomic E-state index is 12.3. The van der Waals surface area contributed by atoms with Crippen molar-refractivity contribution >= 4 is 28.4 Å². The molecular weight excluding hydrogens is 342 g/mol. The summed E-state index contributed by atoms with van der Waals surface area (Å²) in [6.07, 6.45) is 0. The van der Waals surface area contributed by atoms with Gasteiger partial charge in [-0.1, -0.05) is 54.1 Å². The predicted molar refractivity (Wildman–Crippen MR) is 109 cm³/mol. The van der Waals surface area contributed by atoms with Crippen molar-refractivity contribution in [3.8, 4) is 5.75 Å². The molecule has 3 nitrogen and oxygen atoms in total. The van der Waals surface area contributed by atoms with E-state index in [0.717, 1.165) is 21.4 Å². The van der Waals surface area contributed by atoms with Crippen molar-refractivity contribution in [2.24, 2.45) is 0 Å². The minimum Gasteiger partial charge on any atom is -0.491 e. The second-order valence-electron chi connectivity index (χ2n) is 6.19. The summed E-state index contributed by atoms with van der Waals surface area (Å²) in [6.45, 7) is 4.91. The van der Waals surface area contributed by atoms with E-state index in [2.05, 4.69) is 36.5 Å². The number of thioether (sulfide) groups is 1. The number of hydrogen-bond donors (Lipinski definition) is 1. The van der Waals surface area contributed by atoms with E-state index in [4.69, 9.17) is 4.74 Å². The quantitative estimate of drug-likeness (QED) is 0.482. The summed E-state index contributed by atoms with van der Waals surface area (Å²) in [5, 5.41) is 5.04. The fourth-order valence-electron chi connectivity index (χ4n) is 2.67. The number of carbonyl (C=O) groups excluding carboxylic acids is 1. The van der Waals surface area contributed by atoms with Crippen LogP contribution in [0, 0.1) is 6.92 Å². The zero-order valence-electron chi connectivity index (χ0n) is 15.1. The van der Waals surface area contributed by atoms with Crippen LogP contribution in [0.1, 0.15) is 12.5 Å². The molecule has 0 fully saturated rings. The van der Waals surface area contributed by atoms with Crippen LogP contribution in [0.4, 0.5) is 0 Å². The summed E-state index contributed by atoms with van der Waals surface area (Å²) in [4.78, 5) is 13.4. The largest absolute Gasteiger partial charge is 0.491 e. The first-order valence-electron chi connectivity index (χ1n) is 8.75. The monoisotopic (exact) mass is 365 g/mol. The fraction of sp³-hybridized carbons (Fsp3) is 0.227. The van der Waals surface area contributed by atoms with E-state index in [-0.39, 0.29) is 11.2 Å². The van der Waals surface area contributed by atoms with Crippen LogP contribution >= 0.6 is 11.8 Å². The van der Waals surface area contributed by atoms with E-state index in [1.165, 1.54) is 5.56 Å². The SMILES string of the molecule is Cc1ccc(S[C@@H](C)C(=O)NCCOc2cccc3ccccc23)cc1. The van der Waals surface area contributed by atoms with Crippen LogP contribution in [-0.4, -0.2) is 24.3 Å². The number of carbonyl (C=O) groups is 1. The summed E-state index contributed by atoms with van der Waals surface area (Å²) < 4.78 is 5.86. The normalized spacial score (nSPS) is 11.9. The first-order chi connectivity index (χ1) is 12.6. The van der Waals surface area contributed by atoms with Gasteiger partial charge >= 0.3 is 0 Å². The summed E-state index contributed by atoms with van der Waals surface area (Å²) >= 11 is 1.56. The summed E-state index contributed by atoms with van der Waals surface area (Å²) in [5.74, 6) is 0.872. The molecule has 0 unspecified atom stereocenters. The Labute approximate surface area is 158 Å². The molecular formula is C22H23NO2S. The molecule has 0 saturated carbocycles. The standard InChI is InChI=1S/C22H23NO2S/c1-16-10-12-19(13-11-16)26-17(2)22(24)23-14-15-25-21-9-5-7-18-6-3-4-8-20(18)21/h3-13,17H,14-15H2,1-2H3,(H,23,24)/t17-/m0/s1. The average Bonchev–Trinajstić information content (AvgIpc) is 2.67. The summed E-state index contributed by atoms with van der Waals surface area (Å²) in [7, 11) is 0. The lowest BCUT2D eigenvalue weighted by Crippen LogP contribution is -2.33. The van der Waals surface area contributed by atoms with Crippen molar-refractivity contribution in [1.82, 2.24) is 5.32 Å². The van der Waals surface area contributed by atoms with Gasteiger partial charge in [0.15, 0.2) is 0 Å². The van der Waals surface area contributed by atoms with Gasteiger partial charge in [-0.15, -0.1) is 11.8 Å². The molecule has 0 aromatic heterocycles. The van der Waals surface area contributed by atoms with Crippen LogP contribution in [0.2, 0.25) is 0 Å². The molecule has 3 aromatic carbocycles. The topological polar surface area (TPSA) is 38.3 Å². The third-order valence-electron chi connectivity index (χ3n) is 4.11. The lowest BCUT2D eigenvalue weighted by atomic mass is 10.1. The van der Waals surface area contributed by atoms with E-state index >= 15 is 0 Å². The molecule has 1 atom stereocenters. The number of fused-ring (bicyclic) bond motifs is 1. The third-order valence-corrected chi connectivity index (χ3v) is 5.22. The van der Waals surface area contributed by atoms with Crippen molar-refractivity contribution in [3.05, 3.63) is 72.3 Å². The molecule has 0 aliphatic heterocycles. The number of amides is 1. The van der Waals surface area contributed by atoms with Crippen LogP contribution in [0.25, 0.3) is 10.8 Å². The molecule has 0 heterocycles. The van der Waals surface area contributed by atoms with Gasteiger partial charge in [0.25, 0.3) is 0 Å². The maximum absolute atomic E-state index is 12.3. The van der Waals surface area contributed by atoms with Crippen molar-refractivity contribution in [2.75, 3.05) is 13.2 Å². The highest BCUT2D eigenvalue weighted by Crippen LogP contribution is 2.25. The van der Waals surface area contributed by atoms with E-state index in [9.17, 15) is 4.79 Å². The molecule has 0 saturated heterocycles. The zero-order valence-corrected chi connectivity index (χ0v) is 15.9. The van der Waals surface area contributed by atoms with E-state index in [1.54, 1.807) is 11.8 Å². The molecule has 3 rings (SSSR count). The highest BCUT2D eigenvalue weighted by Gasteiger charge is 2.13. The van der Waals surface area contributed by atoms with Crippen molar-refractivity contribution in [3.63, 3.8) is 0 Å². The van der Waals surface area contributed by atoms with Crippen LogP contribution in [0.5, 0.6) is 5.75 Å². The number of benzene rings is 3. The van der Waals surface area contributed by atoms with Crippen LogP contribution in [0.15, 0.2) is 71.6 Å². The molecule has 0 aliphatic carbocycles. The average molecular weight is 365 g/mol. The Morgan fingerprint density at radius 3 is 2.58 bits per heavy atom. The minimum atomic E-state index is -0.143. The van der Waals surface area contributed by atoms with Gasteiger partial charge < -0.3 is 10.1 Å². The van der Waals surface area contributed by atoms with E-state index in [1.807, 2.05) is 49.4 Å². The Kier molecular flexibility index (Phi) is 6.18. The van der Waals surface area contributed by atoms with Gasteiger partial charge in [0, 0.05) is 10.3 Å². The molecule has 0 radical (unpaired) electrons. The molecule has 26 heavy (non-hydrogen) atoms. The molecule has 1 amide bonds. The highest BCUT2D eigenvalue weighted by atomic mass is 32.2. The molecule has 134 valence electrons. The molecule has 0 bridgehead atoms. The Bertz CT molecular complexity index is 871. The van der Waals surface area contributed by atoms with Crippen LogP contribution in [0.3, 0.4) is 0 Å². The van der Waals surface area contributed by atoms with Gasteiger partial charge in [-0.25, -0.2) is 0 Å². The van der Waals surface area contributed by atoms with E-state index < -0.39 is 0 Å². The Morgan fingerprint density at radius 2 is 1.77 bits per heavy atom. The Morgan fingerprint density at radius 1 is 1.04 bits per heavy atom. The number of aryl methyl sites for hydroxylation is 1. The summed E-state index contributed by atoms with van der Waals surface area (Å²) in [6, 6.07) is 22.3. The number of nitrogens with one attached hydrogen (secondary N) is 1. The van der Waals surface area contributed by atoms with Crippen LogP contribution < -0.4 is 10.1 Å². The fourth-order valence-corrected chi connectivity index (χ4v) is 3.57. The second-order valence-corrected chi connectivity index (χ2v) is 7.60. The predicted octanol–water partition coefficient (Wildman–Crippen LogP) is 4.82. The molecule has 1 N–H and O–H groups in total. The number of hydrogen-bond acceptors (Lipinski definition) is 3. The lowest BCUT2D eigenvalue weighted by Gasteiger charge is -2.13. The lowest BCUT2D eigenvalue weighted by molar-refractivity contribution is -0.120. The smallest absolute Gasteiger partial charge is 0.233 e. The van der Waals surface area contributed by atoms with Gasteiger partial charge in [0.05, 0.1) is 11.8 Å². The number of rotatable bonds is 7. The molecule has 4 heteroatoms. The van der Waals surface area contributed by atoms with Crippen molar-refractivity contribution < 1.29 is 9.53 Å². The van der Waals surface area contributed by atoms with Gasteiger partial charge in [0.1, 0.15) is 12.4 Å². The second kappa shape index (κ2) is 8.77. The van der Waals surface area contributed by atoms with Crippen molar-refractivity contribution in [2.45, 2.75) is 24.0 Å². The highest BCUT2D eigenvalue weighted by molar-refractivity contribution is 8.00. The first-order valence-corrected chi connectivity index (χ1v) is 9.63. The van der Waals surface area contributed by atoms with Gasteiger partial charge in [-0.3, -0.25) is 4.79 Å².